The van der Waals surface area contributed by atoms with Gasteiger partial charge in [0.1, 0.15) is 11.5 Å². The van der Waals surface area contributed by atoms with Crippen molar-refractivity contribution in [1.29, 1.82) is 0 Å². The Morgan fingerprint density at radius 3 is 1.79 bits per heavy atom. The van der Waals surface area contributed by atoms with Crippen LogP contribution in [0.2, 0.25) is 0 Å². The predicted octanol–water partition coefficient (Wildman–Crippen LogP) is 13.9. The van der Waals surface area contributed by atoms with Crippen molar-refractivity contribution in [3.05, 3.63) is 229 Å². The molecule has 3 heteroatoms. The molecular formula is C53H34N2O. The maximum atomic E-state index is 6.67. The molecule has 0 unspecified atom stereocenters. The first-order valence-corrected chi connectivity index (χ1v) is 19.3. The smallest absolute Gasteiger partial charge is 0.132 e. The molecule has 12 rings (SSSR count). The molecule has 3 nitrogen and oxygen atoms in total. The van der Waals surface area contributed by atoms with Gasteiger partial charge in [-0.05, 0) is 94.4 Å². The van der Waals surface area contributed by atoms with Crippen molar-refractivity contribution in [1.82, 2.24) is 4.57 Å². The summed E-state index contributed by atoms with van der Waals surface area (Å²) in [7, 11) is 0. The van der Waals surface area contributed by atoms with Crippen molar-refractivity contribution in [3.8, 4) is 28.3 Å². The lowest BCUT2D eigenvalue weighted by Crippen LogP contribution is -2.36. The fraction of sp³-hybridized carbons (Fsp3) is 0.0189. The van der Waals surface area contributed by atoms with Gasteiger partial charge >= 0.3 is 0 Å². The van der Waals surface area contributed by atoms with Crippen LogP contribution in [0.25, 0.3) is 49.4 Å². The van der Waals surface area contributed by atoms with Crippen LogP contribution in [0.4, 0.5) is 17.1 Å². The molecule has 262 valence electrons. The standard InChI is InChI=1S/C53H34N2O/c1-3-16-35(17-4-1)54(37-30-32-49-42(34-37)39-21-8-12-27-47(39)55(49)36-18-5-2-6-19-36)48-33-31-40-38-20-7-9-23-43(38)53(46-26-15-22-41(48)52(40)46)44-24-10-13-28-50(44)56-51-29-14-11-25-45(51)53/h1-34H. The van der Waals surface area contributed by atoms with E-state index in [1.165, 1.54) is 54.8 Å². The lowest BCUT2D eigenvalue weighted by molar-refractivity contribution is 0.435. The van der Waals surface area contributed by atoms with Gasteiger partial charge in [-0.1, -0.05) is 140 Å². The maximum Gasteiger partial charge on any atom is 0.132 e. The summed E-state index contributed by atoms with van der Waals surface area (Å²) in [4.78, 5) is 2.44. The van der Waals surface area contributed by atoms with Crippen LogP contribution in [0.3, 0.4) is 0 Å². The van der Waals surface area contributed by atoms with E-state index in [1.807, 2.05) is 0 Å². The van der Waals surface area contributed by atoms with Crippen molar-refractivity contribution in [2.24, 2.45) is 0 Å². The maximum absolute atomic E-state index is 6.67. The van der Waals surface area contributed by atoms with E-state index in [0.717, 1.165) is 45.4 Å². The Hall–Kier alpha value is -7.36. The molecule has 0 saturated carbocycles. The molecule has 0 radical (unpaired) electrons. The van der Waals surface area contributed by atoms with Crippen LogP contribution in [0.1, 0.15) is 22.3 Å². The first kappa shape index (κ1) is 31.0. The fourth-order valence-electron chi connectivity index (χ4n) is 9.85. The summed E-state index contributed by atoms with van der Waals surface area (Å²) in [5.74, 6) is 1.79. The number of hydrogen-bond donors (Lipinski definition) is 0. The second-order valence-corrected chi connectivity index (χ2v) is 14.8. The van der Waals surface area contributed by atoms with Crippen molar-refractivity contribution in [2.75, 3.05) is 4.90 Å². The number of para-hydroxylation sites is 5. The van der Waals surface area contributed by atoms with Gasteiger partial charge in [-0.25, -0.2) is 0 Å². The molecule has 0 bridgehead atoms. The summed E-state index contributed by atoms with van der Waals surface area (Å²) in [5.41, 5.74) is 13.6. The molecule has 2 aliphatic rings. The molecule has 0 saturated heterocycles. The van der Waals surface area contributed by atoms with Crippen molar-refractivity contribution in [3.63, 3.8) is 0 Å². The van der Waals surface area contributed by atoms with Crippen LogP contribution in [0, 0.1) is 0 Å². The zero-order valence-electron chi connectivity index (χ0n) is 30.4. The third-order valence-corrected chi connectivity index (χ3v) is 12.0. The van der Waals surface area contributed by atoms with Crippen LogP contribution in [0.15, 0.2) is 206 Å². The average Bonchev–Trinajstić information content (AvgIpc) is 3.60. The number of benzene rings is 9. The van der Waals surface area contributed by atoms with E-state index < -0.39 is 5.41 Å². The summed E-state index contributed by atoms with van der Waals surface area (Å²) in [6.45, 7) is 0. The number of fused-ring (bicyclic) bond motifs is 11. The number of rotatable bonds is 4. The number of aromatic nitrogens is 1. The largest absolute Gasteiger partial charge is 0.457 e. The number of ether oxygens (including phenoxy) is 1. The lowest BCUT2D eigenvalue weighted by atomic mass is 9.58. The van der Waals surface area contributed by atoms with Gasteiger partial charge in [0.2, 0.25) is 0 Å². The van der Waals surface area contributed by atoms with Gasteiger partial charge in [0.25, 0.3) is 0 Å². The SMILES string of the molecule is c1ccc(N(c2ccc3c(c2)c2ccccc2n3-c2ccccc2)c2ccc3c4c(cccc24)C2(c4ccccc4Oc4ccccc42)c2ccccc2-3)cc1. The highest BCUT2D eigenvalue weighted by atomic mass is 16.5. The molecule has 1 aromatic heterocycles. The highest BCUT2D eigenvalue weighted by Gasteiger charge is 2.49. The highest BCUT2D eigenvalue weighted by Crippen LogP contribution is 2.61. The Morgan fingerprint density at radius 1 is 0.393 bits per heavy atom. The Bertz CT molecular complexity index is 3130. The van der Waals surface area contributed by atoms with Crippen molar-refractivity contribution < 1.29 is 4.74 Å². The molecule has 0 N–H and O–H groups in total. The second-order valence-electron chi connectivity index (χ2n) is 14.8. The van der Waals surface area contributed by atoms with E-state index in [1.54, 1.807) is 0 Å². The van der Waals surface area contributed by atoms with E-state index in [2.05, 4.69) is 216 Å². The lowest BCUT2D eigenvalue weighted by Gasteiger charge is -2.45. The third-order valence-electron chi connectivity index (χ3n) is 12.0. The van der Waals surface area contributed by atoms with Gasteiger partial charge in [-0.2, -0.15) is 0 Å². The van der Waals surface area contributed by atoms with Crippen LogP contribution in [-0.4, -0.2) is 4.57 Å². The molecule has 1 aliphatic heterocycles. The van der Waals surface area contributed by atoms with Crippen LogP contribution in [0.5, 0.6) is 11.5 Å². The first-order chi connectivity index (χ1) is 27.8. The van der Waals surface area contributed by atoms with Gasteiger partial charge in [0, 0.05) is 44.3 Å². The van der Waals surface area contributed by atoms with Crippen LogP contribution < -0.4 is 9.64 Å². The Morgan fingerprint density at radius 2 is 1.00 bits per heavy atom. The Balaban J connectivity index is 1.16. The summed E-state index contributed by atoms with van der Waals surface area (Å²) >= 11 is 0. The quantitative estimate of drug-likeness (QED) is 0.181. The van der Waals surface area contributed by atoms with Gasteiger partial charge in [-0.3, -0.25) is 0 Å². The monoisotopic (exact) mass is 714 g/mol. The minimum absolute atomic E-state index is 0.580. The van der Waals surface area contributed by atoms with E-state index in [-0.39, 0.29) is 0 Å². The molecule has 0 fully saturated rings. The number of hydrogen-bond acceptors (Lipinski definition) is 2. The predicted molar refractivity (Wildman–Crippen MR) is 230 cm³/mol. The molecule has 0 atom stereocenters. The summed E-state index contributed by atoms with van der Waals surface area (Å²) in [6.07, 6.45) is 0. The first-order valence-electron chi connectivity index (χ1n) is 19.3. The fourth-order valence-corrected chi connectivity index (χ4v) is 9.85. The molecule has 10 aromatic rings. The molecule has 2 heterocycles. The second kappa shape index (κ2) is 11.8. The van der Waals surface area contributed by atoms with Crippen LogP contribution in [-0.2, 0) is 5.41 Å². The van der Waals surface area contributed by atoms with Crippen LogP contribution >= 0.6 is 0 Å². The highest BCUT2D eigenvalue weighted by molar-refractivity contribution is 6.13. The molecular weight excluding hydrogens is 681 g/mol. The summed E-state index contributed by atoms with van der Waals surface area (Å²) < 4.78 is 9.05. The van der Waals surface area contributed by atoms with Gasteiger partial charge in [-0.15, -0.1) is 0 Å². The molecule has 56 heavy (non-hydrogen) atoms. The van der Waals surface area contributed by atoms with E-state index >= 15 is 0 Å². The normalized spacial score (nSPS) is 13.3. The molecule has 0 amide bonds. The van der Waals surface area contributed by atoms with E-state index in [4.69, 9.17) is 4.74 Å². The third kappa shape index (κ3) is 4.17. The zero-order valence-corrected chi connectivity index (χ0v) is 30.4. The topological polar surface area (TPSA) is 17.4 Å². The average molecular weight is 715 g/mol. The number of anilines is 3. The van der Waals surface area contributed by atoms with E-state index in [9.17, 15) is 0 Å². The Labute approximate surface area is 324 Å². The number of nitrogens with zero attached hydrogens (tertiary/aromatic N) is 2. The minimum atomic E-state index is -0.580. The summed E-state index contributed by atoms with van der Waals surface area (Å²) in [6, 6.07) is 74.9. The van der Waals surface area contributed by atoms with Crippen molar-refractivity contribution >= 4 is 49.6 Å². The summed E-state index contributed by atoms with van der Waals surface area (Å²) in [5, 5.41) is 4.91. The van der Waals surface area contributed by atoms with Gasteiger partial charge < -0.3 is 14.2 Å². The molecule has 1 spiro atoms. The van der Waals surface area contributed by atoms with Gasteiger partial charge in [0.15, 0.2) is 0 Å². The van der Waals surface area contributed by atoms with Crippen molar-refractivity contribution in [2.45, 2.75) is 5.41 Å². The Kier molecular flexibility index (Phi) is 6.55. The molecule has 9 aromatic carbocycles. The minimum Gasteiger partial charge on any atom is -0.457 e. The van der Waals surface area contributed by atoms with E-state index in [0.29, 0.717) is 0 Å². The van der Waals surface area contributed by atoms with Gasteiger partial charge in [0.05, 0.1) is 22.1 Å². The molecule has 1 aliphatic carbocycles. The zero-order chi connectivity index (χ0) is 36.8.